The molecular formula is C11H21NO2. The van der Waals surface area contributed by atoms with Crippen molar-refractivity contribution < 1.29 is 9.53 Å². The van der Waals surface area contributed by atoms with Crippen LogP contribution in [-0.4, -0.2) is 23.7 Å². The Morgan fingerprint density at radius 3 is 2.50 bits per heavy atom. The monoisotopic (exact) mass is 199 g/mol. The van der Waals surface area contributed by atoms with E-state index in [1.54, 1.807) is 0 Å². The van der Waals surface area contributed by atoms with E-state index in [-0.39, 0.29) is 11.6 Å². The van der Waals surface area contributed by atoms with Gasteiger partial charge in [0.2, 0.25) is 0 Å². The standard InChI is InChI=1S/C11H21NO2/c1-8-5-6-9(12-8)7-10(13)14-11(2,3)4/h8-9,12H,5-7H2,1-4H3. The molecule has 14 heavy (non-hydrogen) atoms. The van der Waals surface area contributed by atoms with Gasteiger partial charge in [-0.05, 0) is 40.5 Å². The van der Waals surface area contributed by atoms with E-state index < -0.39 is 0 Å². The summed E-state index contributed by atoms with van der Waals surface area (Å²) in [5.41, 5.74) is -0.360. The van der Waals surface area contributed by atoms with Crippen molar-refractivity contribution in [1.82, 2.24) is 5.32 Å². The van der Waals surface area contributed by atoms with Gasteiger partial charge in [0.25, 0.3) is 0 Å². The average molecular weight is 199 g/mol. The first-order valence-electron chi connectivity index (χ1n) is 5.35. The highest BCUT2D eigenvalue weighted by atomic mass is 16.6. The highest BCUT2D eigenvalue weighted by molar-refractivity contribution is 5.70. The summed E-state index contributed by atoms with van der Waals surface area (Å²) in [6, 6.07) is 0.863. The molecule has 0 spiro atoms. The van der Waals surface area contributed by atoms with Crippen LogP contribution < -0.4 is 5.32 Å². The number of ether oxygens (including phenoxy) is 1. The molecular weight excluding hydrogens is 178 g/mol. The normalized spacial score (nSPS) is 27.7. The molecule has 1 fully saturated rings. The molecule has 1 N–H and O–H groups in total. The molecule has 82 valence electrons. The molecule has 1 saturated heterocycles. The van der Waals surface area contributed by atoms with Crippen molar-refractivity contribution in [2.24, 2.45) is 0 Å². The van der Waals surface area contributed by atoms with Crippen molar-refractivity contribution >= 4 is 5.97 Å². The Labute approximate surface area is 86.2 Å². The third-order valence-electron chi connectivity index (χ3n) is 2.30. The molecule has 1 heterocycles. The van der Waals surface area contributed by atoms with E-state index in [1.165, 1.54) is 0 Å². The molecule has 0 radical (unpaired) electrons. The van der Waals surface area contributed by atoms with Gasteiger partial charge in [0, 0.05) is 12.1 Å². The molecule has 0 bridgehead atoms. The van der Waals surface area contributed by atoms with Gasteiger partial charge in [-0.15, -0.1) is 0 Å². The van der Waals surface area contributed by atoms with Crippen molar-refractivity contribution in [3.63, 3.8) is 0 Å². The Hall–Kier alpha value is -0.570. The quantitative estimate of drug-likeness (QED) is 0.690. The predicted octanol–water partition coefficient (Wildman–Crippen LogP) is 1.86. The van der Waals surface area contributed by atoms with E-state index in [2.05, 4.69) is 12.2 Å². The highest BCUT2D eigenvalue weighted by Gasteiger charge is 2.25. The summed E-state index contributed by atoms with van der Waals surface area (Å²) in [7, 11) is 0. The molecule has 3 heteroatoms. The lowest BCUT2D eigenvalue weighted by molar-refractivity contribution is -0.155. The van der Waals surface area contributed by atoms with E-state index in [0.717, 1.165) is 12.8 Å². The van der Waals surface area contributed by atoms with Crippen LogP contribution in [-0.2, 0) is 9.53 Å². The van der Waals surface area contributed by atoms with Crippen LogP contribution in [0.2, 0.25) is 0 Å². The van der Waals surface area contributed by atoms with Gasteiger partial charge >= 0.3 is 5.97 Å². The molecule has 0 amide bonds. The van der Waals surface area contributed by atoms with Crippen molar-refractivity contribution in [2.45, 2.75) is 64.6 Å². The second-order valence-electron chi connectivity index (χ2n) is 5.13. The molecule has 1 aliphatic heterocycles. The van der Waals surface area contributed by atoms with Crippen molar-refractivity contribution in [1.29, 1.82) is 0 Å². The smallest absolute Gasteiger partial charge is 0.307 e. The zero-order valence-electron chi connectivity index (χ0n) is 9.59. The van der Waals surface area contributed by atoms with Crippen LogP contribution in [0.3, 0.4) is 0 Å². The van der Waals surface area contributed by atoms with E-state index in [0.29, 0.717) is 18.5 Å². The van der Waals surface area contributed by atoms with Crippen LogP contribution in [0, 0.1) is 0 Å². The van der Waals surface area contributed by atoms with Crippen LogP contribution in [0.5, 0.6) is 0 Å². The molecule has 2 atom stereocenters. The fraction of sp³-hybridized carbons (Fsp3) is 0.909. The molecule has 1 aliphatic rings. The van der Waals surface area contributed by atoms with Gasteiger partial charge < -0.3 is 10.1 Å². The van der Waals surface area contributed by atoms with Crippen molar-refractivity contribution in [2.75, 3.05) is 0 Å². The molecule has 1 rings (SSSR count). The Morgan fingerprint density at radius 2 is 2.07 bits per heavy atom. The fourth-order valence-electron chi connectivity index (χ4n) is 1.77. The molecule has 0 aromatic rings. The van der Waals surface area contributed by atoms with E-state index in [4.69, 9.17) is 4.74 Å². The van der Waals surface area contributed by atoms with Crippen LogP contribution in [0.25, 0.3) is 0 Å². The molecule has 0 saturated carbocycles. The minimum Gasteiger partial charge on any atom is -0.460 e. The number of nitrogens with one attached hydrogen (secondary N) is 1. The topological polar surface area (TPSA) is 38.3 Å². The zero-order valence-corrected chi connectivity index (χ0v) is 9.59. The predicted molar refractivity (Wildman–Crippen MR) is 56.1 cm³/mol. The Kier molecular flexibility index (Phi) is 3.53. The van der Waals surface area contributed by atoms with Crippen LogP contribution in [0.4, 0.5) is 0 Å². The second kappa shape index (κ2) is 4.30. The fourth-order valence-corrected chi connectivity index (χ4v) is 1.77. The summed E-state index contributed by atoms with van der Waals surface area (Å²) in [6.45, 7) is 7.84. The van der Waals surface area contributed by atoms with Crippen LogP contribution in [0.1, 0.15) is 47.0 Å². The van der Waals surface area contributed by atoms with Crippen molar-refractivity contribution in [3.8, 4) is 0 Å². The van der Waals surface area contributed by atoms with Crippen LogP contribution in [0.15, 0.2) is 0 Å². The minimum atomic E-state index is -0.360. The number of carbonyl (C=O) groups is 1. The Balaban J connectivity index is 2.27. The van der Waals surface area contributed by atoms with Gasteiger partial charge in [-0.25, -0.2) is 0 Å². The number of hydrogen-bond acceptors (Lipinski definition) is 3. The lowest BCUT2D eigenvalue weighted by Gasteiger charge is -2.21. The number of esters is 1. The lowest BCUT2D eigenvalue weighted by atomic mass is 10.1. The number of carbonyl (C=O) groups excluding carboxylic acids is 1. The molecule has 2 unspecified atom stereocenters. The maximum Gasteiger partial charge on any atom is 0.307 e. The molecule has 0 aromatic carbocycles. The highest BCUT2D eigenvalue weighted by Crippen LogP contribution is 2.16. The molecule has 0 aromatic heterocycles. The first-order valence-corrected chi connectivity index (χ1v) is 5.35. The Bertz CT molecular complexity index is 208. The minimum absolute atomic E-state index is 0.0934. The van der Waals surface area contributed by atoms with E-state index in [9.17, 15) is 4.79 Å². The summed E-state index contributed by atoms with van der Waals surface area (Å²) in [5.74, 6) is -0.0934. The van der Waals surface area contributed by atoms with Crippen LogP contribution >= 0.6 is 0 Å². The summed E-state index contributed by atoms with van der Waals surface area (Å²) < 4.78 is 5.26. The third kappa shape index (κ3) is 4.09. The first-order chi connectivity index (χ1) is 6.37. The summed E-state index contributed by atoms with van der Waals surface area (Å²) >= 11 is 0. The summed E-state index contributed by atoms with van der Waals surface area (Å²) in [6.07, 6.45) is 2.75. The van der Waals surface area contributed by atoms with E-state index in [1.807, 2.05) is 20.8 Å². The first kappa shape index (κ1) is 11.5. The summed E-state index contributed by atoms with van der Waals surface area (Å²) in [4.78, 5) is 11.5. The maximum absolute atomic E-state index is 11.5. The zero-order chi connectivity index (χ0) is 10.8. The van der Waals surface area contributed by atoms with Gasteiger partial charge in [-0.3, -0.25) is 4.79 Å². The largest absolute Gasteiger partial charge is 0.460 e. The van der Waals surface area contributed by atoms with Gasteiger partial charge in [0.15, 0.2) is 0 Å². The number of hydrogen-bond donors (Lipinski definition) is 1. The van der Waals surface area contributed by atoms with Gasteiger partial charge in [-0.2, -0.15) is 0 Å². The lowest BCUT2D eigenvalue weighted by Crippen LogP contribution is -2.32. The second-order valence-corrected chi connectivity index (χ2v) is 5.13. The average Bonchev–Trinajstić information content (AvgIpc) is 2.30. The molecule has 0 aliphatic carbocycles. The molecule has 3 nitrogen and oxygen atoms in total. The summed E-state index contributed by atoms with van der Waals surface area (Å²) in [5, 5.41) is 3.37. The number of rotatable bonds is 2. The maximum atomic E-state index is 11.5. The van der Waals surface area contributed by atoms with E-state index >= 15 is 0 Å². The van der Waals surface area contributed by atoms with Gasteiger partial charge in [-0.1, -0.05) is 0 Å². The third-order valence-corrected chi connectivity index (χ3v) is 2.30. The SMILES string of the molecule is CC1CCC(CC(=O)OC(C)(C)C)N1. The Morgan fingerprint density at radius 1 is 1.43 bits per heavy atom. The van der Waals surface area contributed by atoms with Gasteiger partial charge in [0.1, 0.15) is 5.60 Å². The van der Waals surface area contributed by atoms with Crippen molar-refractivity contribution in [3.05, 3.63) is 0 Å². The van der Waals surface area contributed by atoms with Gasteiger partial charge in [0.05, 0.1) is 6.42 Å².